The molecule has 2 nitrogen and oxygen atoms in total. The summed E-state index contributed by atoms with van der Waals surface area (Å²) in [6.07, 6.45) is 0.953. The molecule has 0 amide bonds. The molecule has 0 fully saturated rings. The molecule has 1 rings (SSSR count). The van der Waals surface area contributed by atoms with Crippen molar-refractivity contribution >= 4 is 12.0 Å². The third-order valence-electron chi connectivity index (χ3n) is 1.93. The van der Waals surface area contributed by atoms with E-state index in [1.54, 1.807) is 0 Å². The molecule has 2 heteroatoms. The molecular weight excluding hydrogens is 150 g/mol. The summed E-state index contributed by atoms with van der Waals surface area (Å²) in [6, 6.07) is 7.86. The van der Waals surface area contributed by atoms with Crippen molar-refractivity contribution in [2.24, 2.45) is 0 Å². The van der Waals surface area contributed by atoms with Crippen LogP contribution in [0.4, 0.5) is 5.69 Å². The Morgan fingerprint density at radius 1 is 1.33 bits per heavy atom. The number of anilines is 1. The molecule has 0 aliphatic carbocycles. The molecule has 0 aliphatic rings. The summed E-state index contributed by atoms with van der Waals surface area (Å²) in [5.74, 6) is -0.00379. The fraction of sp³-hybridized carbons (Fsp3) is 0.300. The Kier molecular flexibility index (Phi) is 2.86. The van der Waals surface area contributed by atoms with Crippen LogP contribution in [-0.4, -0.2) is 13.3 Å². The molecule has 0 heterocycles. The summed E-state index contributed by atoms with van der Waals surface area (Å²) in [5, 5.41) is 3.02. The minimum absolute atomic E-state index is 0.00379. The smallest absolute Gasteiger partial charge is 0.127 e. The van der Waals surface area contributed by atoms with Crippen LogP contribution in [0.3, 0.4) is 0 Å². The van der Waals surface area contributed by atoms with Crippen molar-refractivity contribution in [1.29, 1.82) is 0 Å². The van der Waals surface area contributed by atoms with E-state index in [0.717, 1.165) is 17.5 Å². The van der Waals surface area contributed by atoms with Gasteiger partial charge in [-0.3, -0.25) is 0 Å². The van der Waals surface area contributed by atoms with E-state index in [2.05, 4.69) is 5.32 Å². The number of carbonyl (C=O) groups is 1. The third-order valence-corrected chi connectivity index (χ3v) is 1.93. The highest BCUT2D eigenvalue weighted by molar-refractivity contribution is 5.62. The molecule has 1 unspecified atom stereocenters. The van der Waals surface area contributed by atoms with Gasteiger partial charge in [0, 0.05) is 18.7 Å². The van der Waals surface area contributed by atoms with Crippen molar-refractivity contribution in [2.75, 3.05) is 12.4 Å². The van der Waals surface area contributed by atoms with Crippen molar-refractivity contribution in [3.05, 3.63) is 29.8 Å². The molecule has 0 saturated carbocycles. The van der Waals surface area contributed by atoms with Gasteiger partial charge in [-0.1, -0.05) is 19.1 Å². The number of hydrogen-bond acceptors (Lipinski definition) is 2. The highest BCUT2D eigenvalue weighted by Crippen LogP contribution is 2.15. The molecule has 0 saturated heterocycles. The van der Waals surface area contributed by atoms with E-state index in [9.17, 15) is 4.79 Å². The molecule has 1 aromatic rings. The number of rotatable bonds is 3. The van der Waals surface area contributed by atoms with Crippen LogP contribution < -0.4 is 5.32 Å². The topological polar surface area (TPSA) is 29.1 Å². The summed E-state index contributed by atoms with van der Waals surface area (Å²) in [4.78, 5) is 10.4. The van der Waals surface area contributed by atoms with Gasteiger partial charge in [-0.05, 0) is 17.7 Å². The molecule has 1 N–H and O–H groups in total. The molecular formula is C10H13NO. The van der Waals surface area contributed by atoms with Gasteiger partial charge in [0.15, 0.2) is 0 Å². The summed E-state index contributed by atoms with van der Waals surface area (Å²) < 4.78 is 0. The molecule has 12 heavy (non-hydrogen) atoms. The standard InChI is InChI=1S/C10H13NO/c1-8(7-12)9-3-5-10(11-2)6-4-9/h3-8,11H,1-2H3. The number of carbonyl (C=O) groups excluding carboxylic acids is 1. The second kappa shape index (κ2) is 3.90. The molecule has 0 aromatic heterocycles. The molecule has 1 atom stereocenters. The first-order valence-electron chi connectivity index (χ1n) is 4.01. The highest BCUT2D eigenvalue weighted by atomic mass is 16.1. The number of nitrogens with one attached hydrogen (secondary N) is 1. The normalized spacial score (nSPS) is 12.2. The Morgan fingerprint density at radius 2 is 1.92 bits per heavy atom. The lowest BCUT2D eigenvalue weighted by Crippen LogP contribution is -1.94. The van der Waals surface area contributed by atoms with Crippen LogP contribution in [0.25, 0.3) is 0 Å². The van der Waals surface area contributed by atoms with Crippen LogP contribution in [0.15, 0.2) is 24.3 Å². The lowest BCUT2D eigenvalue weighted by molar-refractivity contribution is -0.108. The van der Waals surface area contributed by atoms with Gasteiger partial charge in [-0.25, -0.2) is 0 Å². The van der Waals surface area contributed by atoms with Crippen LogP contribution in [0.1, 0.15) is 18.4 Å². The Hall–Kier alpha value is -1.31. The average Bonchev–Trinajstić information content (AvgIpc) is 2.17. The van der Waals surface area contributed by atoms with Gasteiger partial charge in [0.2, 0.25) is 0 Å². The lowest BCUT2D eigenvalue weighted by atomic mass is 10.0. The largest absolute Gasteiger partial charge is 0.388 e. The van der Waals surface area contributed by atoms with E-state index in [1.807, 2.05) is 38.2 Å². The molecule has 64 valence electrons. The van der Waals surface area contributed by atoms with Crippen LogP contribution in [-0.2, 0) is 4.79 Å². The van der Waals surface area contributed by atoms with Gasteiger partial charge >= 0.3 is 0 Å². The molecule has 1 aromatic carbocycles. The predicted molar refractivity (Wildman–Crippen MR) is 50.5 cm³/mol. The summed E-state index contributed by atoms with van der Waals surface area (Å²) in [6.45, 7) is 1.89. The van der Waals surface area contributed by atoms with Crippen molar-refractivity contribution in [2.45, 2.75) is 12.8 Å². The Balaban J connectivity index is 2.84. The zero-order chi connectivity index (χ0) is 8.97. The predicted octanol–water partition coefficient (Wildman–Crippen LogP) is 2.03. The van der Waals surface area contributed by atoms with Gasteiger partial charge < -0.3 is 10.1 Å². The first-order chi connectivity index (χ1) is 5.77. The van der Waals surface area contributed by atoms with Gasteiger partial charge in [0.1, 0.15) is 6.29 Å². The van der Waals surface area contributed by atoms with Gasteiger partial charge in [-0.15, -0.1) is 0 Å². The Morgan fingerprint density at radius 3 is 2.33 bits per heavy atom. The summed E-state index contributed by atoms with van der Waals surface area (Å²) in [7, 11) is 1.87. The second-order valence-electron chi connectivity index (χ2n) is 2.80. The van der Waals surface area contributed by atoms with E-state index in [-0.39, 0.29) is 5.92 Å². The zero-order valence-electron chi connectivity index (χ0n) is 7.37. The number of benzene rings is 1. The van der Waals surface area contributed by atoms with Gasteiger partial charge in [-0.2, -0.15) is 0 Å². The lowest BCUT2D eigenvalue weighted by Gasteiger charge is -2.04. The Labute approximate surface area is 72.6 Å². The van der Waals surface area contributed by atoms with E-state index in [0.29, 0.717) is 0 Å². The van der Waals surface area contributed by atoms with Crippen LogP contribution in [0.2, 0.25) is 0 Å². The number of hydrogen-bond donors (Lipinski definition) is 1. The highest BCUT2D eigenvalue weighted by Gasteiger charge is 2.01. The van der Waals surface area contributed by atoms with E-state index in [1.165, 1.54) is 0 Å². The summed E-state index contributed by atoms with van der Waals surface area (Å²) >= 11 is 0. The molecule has 0 aliphatic heterocycles. The maximum Gasteiger partial charge on any atom is 0.127 e. The molecule has 0 bridgehead atoms. The first-order valence-corrected chi connectivity index (χ1v) is 4.01. The quantitative estimate of drug-likeness (QED) is 0.691. The van der Waals surface area contributed by atoms with Gasteiger partial charge in [0.05, 0.1) is 0 Å². The van der Waals surface area contributed by atoms with Crippen molar-refractivity contribution in [3.8, 4) is 0 Å². The van der Waals surface area contributed by atoms with Crippen molar-refractivity contribution in [1.82, 2.24) is 0 Å². The third kappa shape index (κ3) is 1.84. The fourth-order valence-corrected chi connectivity index (χ4v) is 1.03. The van der Waals surface area contributed by atoms with Crippen LogP contribution >= 0.6 is 0 Å². The molecule has 0 spiro atoms. The van der Waals surface area contributed by atoms with E-state index < -0.39 is 0 Å². The average molecular weight is 163 g/mol. The fourth-order valence-electron chi connectivity index (χ4n) is 1.03. The SMILES string of the molecule is CNc1ccc(C(C)C=O)cc1. The Bertz CT molecular complexity index is 253. The molecule has 0 radical (unpaired) electrons. The van der Waals surface area contributed by atoms with Crippen LogP contribution in [0, 0.1) is 0 Å². The van der Waals surface area contributed by atoms with Crippen molar-refractivity contribution in [3.63, 3.8) is 0 Å². The van der Waals surface area contributed by atoms with E-state index >= 15 is 0 Å². The minimum atomic E-state index is -0.00379. The maximum atomic E-state index is 10.4. The maximum absolute atomic E-state index is 10.4. The number of aldehydes is 1. The summed E-state index contributed by atoms with van der Waals surface area (Å²) in [5.41, 5.74) is 2.13. The monoisotopic (exact) mass is 163 g/mol. The second-order valence-corrected chi connectivity index (χ2v) is 2.80. The van der Waals surface area contributed by atoms with Gasteiger partial charge in [0.25, 0.3) is 0 Å². The first kappa shape index (κ1) is 8.78. The minimum Gasteiger partial charge on any atom is -0.388 e. The van der Waals surface area contributed by atoms with E-state index in [4.69, 9.17) is 0 Å². The van der Waals surface area contributed by atoms with Crippen LogP contribution in [0.5, 0.6) is 0 Å². The van der Waals surface area contributed by atoms with Crippen molar-refractivity contribution < 1.29 is 4.79 Å². The zero-order valence-corrected chi connectivity index (χ0v) is 7.37.